The molecule has 0 fully saturated rings. The number of oxazole rings is 1. The van der Waals surface area contributed by atoms with Crippen molar-refractivity contribution in [2.24, 2.45) is 4.99 Å². The van der Waals surface area contributed by atoms with Crippen molar-refractivity contribution >= 4 is 34.6 Å². The maximum Gasteiger partial charge on any atom is 0.283 e. The van der Waals surface area contributed by atoms with E-state index in [1.165, 1.54) is 28.8 Å². The third kappa shape index (κ3) is 4.63. The lowest BCUT2D eigenvalue weighted by molar-refractivity contribution is -0.113. The van der Waals surface area contributed by atoms with Crippen LogP contribution in [0.5, 0.6) is 0 Å². The van der Waals surface area contributed by atoms with E-state index in [0.717, 1.165) is 16.8 Å². The topological polar surface area (TPSA) is 58.7 Å². The number of nitrogens with zero attached hydrogens (tertiary/aromatic N) is 3. The monoisotopic (exact) mass is 455 g/mol. The van der Waals surface area contributed by atoms with Gasteiger partial charge < -0.3 is 4.42 Å². The Morgan fingerprint density at radius 1 is 0.939 bits per heavy atom. The summed E-state index contributed by atoms with van der Waals surface area (Å²) in [6, 6.07) is 25.0. The van der Waals surface area contributed by atoms with Gasteiger partial charge in [0.25, 0.3) is 5.91 Å². The standard InChI is InChI=1S/C26H18FN3O2S/c27-20-11-13-22(14-12-20)30-25(31)23(15-18-7-3-1-4-8-18)29-26(30)33-17-21-16-32-24(28-21)19-9-5-2-6-10-19/h1-16H,17H2/b23-15+. The SMILES string of the molecule is O=C1/C(=C\c2ccccc2)N=C(SCc2coc(-c3ccccc3)n2)N1c1ccc(F)cc1. The van der Waals surface area contributed by atoms with Gasteiger partial charge in [-0.3, -0.25) is 9.69 Å². The summed E-state index contributed by atoms with van der Waals surface area (Å²) in [5.41, 5.74) is 3.36. The summed E-state index contributed by atoms with van der Waals surface area (Å²) < 4.78 is 19.1. The molecule has 1 aliphatic rings. The number of rotatable bonds is 5. The molecule has 1 amide bonds. The molecule has 0 bridgehead atoms. The van der Waals surface area contributed by atoms with Crippen molar-refractivity contribution in [3.05, 3.63) is 114 Å². The van der Waals surface area contributed by atoms with Gasteiger partial charge >= 0.3 is 0 Å². The Morgan fingerprint density at radius 3 is 2.36 bits per heavy atom. The Kier molecular flexibility index (Phi) is 5.87. The summed E-state index contributed by atoms with van der Waals surface area (Å²) in [6.45, 7) is 0. The van der Waals surface area contributed by atoms with E-state index < -0.39 is 0 Å². The van der Waals surface area contributed by atoms with Gasteiger partial charge in [0.2, 0.25) is 5.89 Å². The molecule has 4 aromatic rings. The highest BCUT2D eigenvalue weighted by Gasteiger charge is 2.32. The molecule has 2 heterocycles. The lowest BCUT2D eigenvalue weighted by atomic mass is 10.2. The molecule has 0 saturated heterocycles. The first kappa shape index (κ1) is 20.9. The van der Waals surface area contributed by atoms with Crippen LogP contribution in [0.4, 0.5) is 10.1 Å². The minimum atomic E-state index is -0.368. The summed E-state index contributed by atoms with van der Waals surface area (Å²) in [7, 11) is 0. The highest BCUT2D eigenvalue weighted by molar-refractivity contribution is 8.13. The molecule has 0 aliphatic carbocycles. The van der Waals surface area contributed by atoms with E-state index >= 15 is 0 Å². The molecule has 0 unspecified atom stereocenters. The third-order valence-corrected chi connectivity index (χ3v) is 5.91. The number of thioether (sulfide) groups is 1. The fourth-order valence-corrected chi connectivity index (χ4v) is 4.23. The number of carbonyl (C=O) groups is 1. The number of anilines is 1. The van der Waals surface area contributed by atoms with E-state index in [2.05, 4.69) is 9.98 Å². The van der Waals surface area contributed by atoms with Crippen LogP contribution in [0, 0.1) is 5.82 Å². The van der Waals surface area contributed by atoms with Gasteiger partial charge in [-0.1, -0.05) is 60.3 Å². The summed E-state index contributed by atoms with van der Waals surface area (Å²) in [6.07, 6.45) is 3.35. The van der Waals surface area contributed by atoms with E-state index in [9.17, 15) is 9.18 Å². The van der Waals surface area contributed by atoms with Gasteiger partial charge in [0.05, 0.1) is 11.4 Å². The van der Waals surface area contributed by atoms with Crippen molar-refractivity contribution < 1.29 is 13.6 Å². The Balaban J connectivity index is 1.41. The number of halogens is 1. The van der Waals surface area contributed by atoms with Crippen LogP contribution < -0.4 is 4.90 Å². The predicted octanol–water partition coefficient (Wildman–Crippen LogP) is 6.16. The van der Waals surface area contributed by atoms with Crippen LogP contribution in [0.15, 0.2) is 106 Å². The number of aliphatic imine (C=N–C) groups is 1. The van der Waals surface area contributed by atoms with Crippen LogP contribution in [0.3, 0.4) is 0 Å². The highest BCUT2D eigenvalue weighted by atomic mass is 32.2. The van der Waals surface area contributed by atoms with Gasteiger partial charge in [-0.25, -0.2) is 14.4 Å². The van der Waals surface area contributed by atoms with Gasteiger partial charge in [0.1, 0.15) is 17.8 Å². The van der Waals surface area contributed by atoms with Crippen LogP contribution in [0.1, 0.15) is 11.3 Å². The minimum Gasteiger partial charge on any atom is -0.444 e. The molecule has 0 saturated carbocycles. The van der Waals surface area contributed by atoms with E-state index in [1.54, 1.807) is 24.5 Å². The first-order valence-electron chi connectivity index (χ1n) is 10.3. The zero-order valence-electron chi connectivity index (χ0n) is 17.4. The van der Waals surface area contributed by atoms with Crippen molar-refractivity contribution in [3.63, 3.8) is 0 Å². The second kappa shape index (κ2) is 9.26. The smallest absolute Gasteiger partial charge is 0.283 e. The molecule has 1 aliphatic heterocycles. The molecular weight excluding hydrogens is 437 g/mol. The Hall–Kier alpha value is -3.97. The van der Waals surface area contributed by atoms with Gasteiger partial charge in [-0.2, -0.15) is 0 Å². The molecule has 5 nitrogen and oxygen atoms in total. The number of benzene rings is 3. The zero-order chi connectivity index (χ0) is 22.6. The van der Waals surface area contributed by atoms with Crippen molar-refractivity contribution in [3.8, 4) is 11.5 Å². The lowest BCUT2D eigenvalue weighted by Gasteiger charge is -2.17. The Morgan fingerprint density at radius 2 is 1.64 bits per heavy atom. The molecule has 0 radical (unpaired) electrons. The fourth-order valence-electron chi connectivity index (χ4n) is 3.34. The molecule has 3 aromatic carbocycles. The van der Waals surface area contributed by atoms with E-state index in [-0.39, 0.29) is 11.7 Å². The maximum absolute atomic E-state index is 13.5. The number of carbonyl (C=O) groups excluding carboxylic acids is 1. The van der Waals surface area contributed by atoms with E-state index in [0.29, 0.717) is 28.2 Å². The fraction of sp³-hybridized carbons (Fsp3) is 0.0385. The molecular formula is C26H18FN3O2S. The summed E-state index contributed by atoms with van der Waals surface area (Å²) in [5.74, 6) is 0.361. The quantitative estimate of drug-likeness (QED) is 0.338. The van der Waals surface area contributed by atoms with Crippen molar-refractivity contribution in [2.45, 2.75) is 5.75 Å². The molecule has 7 heteroatoms. The number of amidine groups is 1. The van der Waals surface area contributed by atoms with Crippen molar-refractivity contribution in [1.29, 1.82) is 0 Å². The molecule has 33 heavy (non-hydrogen) atoms. The van der Waals surface area contributed by atoms with Crippen LogP contribution in [0.25, 0.3) is 17.5 Å². The molecule has 0 spiro atoms. The van der Waals surface area contributed by atoms with Crippen LogP contribution in [-0.4, -0.2) is 16.1 Å². The Labute approximate surface area is 194 Å². The number of hydrogen-bond donors (Lipinski definition) is 0. The summed E-state index contributed by atoms with van der Waals surface area (Å²) in [4.78, 5) is 23.8. The van der Waals surface area contributed by atoms with Gasteiger partial charge in [0, 0.05) is 11.3 Å². The molecule has 1 aromatic heterocycles. The summed E-state index contributed by atoms with van der Waals surface area (Å²) >= 11 is 1.37. The predicted molar refractivity (Wildman–Crippen MR) is 129 cm³/mol. The minimum absolute atomic E-state index is 0.266. The lowest BCUT2D eigenvalue weighted by Crippen LogP contribution is -2.30. The Bertz CT molecular complexity index is 1330. The van der Waals surface area contributed by atoms with Crippen LogP contribution in [-0.2, 0) is 10.5 Å². The second-order valence-electron chi connectivity index (χ2n) is 7.25. The van der Waals surface area contributed by atoms with E-state index in [1.807, 2.05) is 60.7 Å². The first-order chi connectivity index (χ1) is 16.2. The number of aromatic nitrogens is 1. The summed E-state index contributed by atoms with van der Waals surface area (Å²) in [5, 5.41) is 0.498. The maximum atomic E-state index is 13.5. The first-order valence-corrected chi connectivity index (χ1v) is 11.2. The zero-order valence-corrected chi connectivity index (χ0v) is 18.2. The van der Waals surface area contributed by atoms with Crippen LogP contribution in [0.2, 0.25) is 0 Å². The normalized spacial score (nSPS) is 14.7. The highest BCUT2D eigenvalue weighted by Crippen LogP contribution is 2.31. The average Bonchev–Trinajstić information content (AvgIpc) is 3.44. The van der Waals surface area contributed by atoms with Crippen molar-refractivity contribution in [2.75, 3.05) is 4.90 Å². The number of amides is 1. The molecule has 5 rings (SSSR count). The van der Waals surface area contributed by atoms with Crippen LogP contribution >= 0.6 is 11.8 Å². The van der Waals surface area contributed by atoms with Crippen molar-refractivity contribution in [1.82, 2.24) is 4.98 Å². The second-order valence-corrected chi connectivity index (χ2v) is 8.19. The average molecular weight is 456 g/mol. The largest absolute Gasteiger partial charge is 0.444 e. The number of hydrogen-bond acceptors (Lipinski definition) is 5. The van der Waals surface area contributed by atoms with Gasteiger partial charge in [0.15, 0.2) is 5.17 Å². The molecule has 0 atom stereocenters. The van der Waals surface area contributed by atoms with E-state index in [4.69, 9.17) is 4.42 Å². The van der Waals surface area contributed by atoms with Gasteiger partial charge in [-0.15, -0.1) is 0 Å². The molecule has 0 N–H and O–H groups in total. The third-order valence-electron chi connectivity index (χ3n) is 4.94. The molecule has 162 valence electrons. The van der Waals surface area contributed by atoms with Gasteiger partial charge in [-0.05, 0) is 48.0 Å².